The summed E-state index contributed by atoms with van der Waals surface area (Å²) in [7, 11) is 5.90. The Morgan fingerprint density at radius 1 is 1.00 bits per heavy atom. The number of hydrogen-bond acceptors (Lipinski definition) is 5. The lowest BCUT2D eigenvalue weighted by Gasteiger charge is -2.38. The summed E-state index contributed by atoms with van der Waals surface area (Å²) in [6.07, 6.45) is -3.04. The number of hydrogen-bond donors (Lipinski definition) is 0. The summed E-state index contributed by atoms with van der Waals surface area (Å²) in [5.74, 6) is -0.138. The third kappa shape index (κ3) is 4.72. The Kier molecular flexibility index (Phi) is 7.09. The number of benzene rings is 2. The number of carbonyl (C=O) groups is 1. The molecule has 2 aromatic rings. The van der Waals surface area contributed by atoms with Crippen LogP contribution in [0.3, 0.4) is 0 Å². The summed E-state index contributed by atoms with van der Waals surface area (Å²) in [5.41, 5.74) is 2.70. The summed E-state index contributed by atoms with van der Waals surface area (Å²) in [4.78, 5) is 13.2. The number of nitrogens with zero attached hydrogens (tertiary/aromatic N) is 1. The second-order valence-electron chi connectivity index (χ2n) is 7.48. The molecule has 0 radical (unpaired) electrons. The largest absolute Gasteiger partial charge is 0.493 e. The van der Waals surface area contributed by atoms with Crippen molar-refractivity contribution in [3.05, 3.63) is 53.1 Å². The highest BCUT2D eigenvalue weighted by molar-refractivity contribution is 5.83. The van der Waals surface area contributed by atoms with Crippen LogP contribution in [-0.4, -0.2) is 52.0 Å². The van der Waals surface area contributed by atoms with Gasteiger partial charge in [-0.1, -0.05) is 12.7 Å². The van der Waals surface area contributed by atoms with Gasteiger partial charge in [0.1, 0.15) is 0 Å². The molecule has 2 aromatic carbocycles. The molecule has 0 N–H and O–H groups in total. The van der Waals surface area contributed by atoms with Crippen LogP contribution in [0.5, 0.6) is 23.0 Å². The first kappa shape index (κ1) is 24.3. The molecule has 1 atom stereocenters. The molecular weight excluding hydrogens is 439 g/mol. The monoisotopic (exact) mass is 465 g/mol. The third-order valence-electron chi connectivity index (χ3n) is 5.78. The molecule has 178 valence electrons. The molecule has 0 saturated carbocycles. The number of carbonyl (C=O) groups excluding carboxylic acids is 1. The minimum atomic E-state index is -4.99. The van der Waals surface area contributed by atoms with Crippen molar-refractivity contribution in [3.63, 3.8) is 0 Å². The maximum atomic E-state index is 13.5. The van der Waals surface area contributed by atoms with Gasteiger partial charge in [-0.25, -0.2) is 0 Å². The molecule has 9 heteroatoms. The number of rotatable bonds is 7. The average Bonchev–Trinajstić information content (AvgIpc) is 2.81. The zero-order valence-electron chi connectivity index (χ0n) is 18.9. The number of amides is 1. The summed E-state index contributed by atoms with van der Waals surface area (Å²) in [6, 6.07) is 5.90. The molecule has 0 aliphatic carbocycles. The first-order valence-electron chi connectivity index (χ1n) is 10.2. The Labute approximate surface area is 190 Å². The molecular formula is C24H26F3NO5. The summed E-state index contributed by atoms with van der Waals surface area (Å²) in [5, 5.41) is 0. The molecule has 1 amide bonds. The van der Waals surface area contributed by atoms with Gasteiger partial charge in [0.05, 0.1) is 34.5 Å². The number of ether oxygens (including phenoxy) is 4. The van der Waals surface area contributed by atoms with Crippen LogP contribution in [0.15, 0.2) is 30.8 Å². The van der Waals surface area contributed by atoms with E-state index >= 15 is 0 Å². The normalized spacial score (nSPS) is 15.5. The molecule has 1 aliphatic rings. The molecule has 0 saturated heterocycles. The van der Waals surface area contributed by atoms with E-state index in [0.29, 0.717) is 39.7 Å². The fourth-order valence-electron chi connectivity index (χ4n) is 4.17. The van der Waals surface area contributed by atoms with Gasteiger partial charge in [-0.3, -0.25) is 4.79 Å². The molecule has 1 heterocycles. The van der Waals surface area contributed by atoms with Gasteiger partial charge in [0, 0.05) is 6.54 Å². The Bertz CT molecular complexity index is 1050. The average molecular weight is 465 g/mol. The number of methoxy groups -OCH3 is 4. The van der Waals surface area contributed by atoms with Gasteiger partial charge < -0.3 is 23.8 Å². The molecule has 0 unspecified atom stereocenters. The van der Waals surface area contributed by atoms with Crippen LogP contribution < -0.4 is 18.9 Å². The highest BCUT2D eigenvalue weighted by Gasteiger charge is 2.46. The lowest BCUT2D eigenvalue weighted by molar-refractivity contribution is -0.188. The Balaban J connectivity index is 2.17. The van der Waals surface area contributed by atoms with Crippen molar-refractivity contribution >= 4 is 12.0 Å². The summed E-state index contributed by atoms with van der Waals surface area (Å²) < 4.78 is 61.8. The minimum absolute atomic E-state index is 0.0811. The quantitative estimate of drug-likeness (QED) is 0.599. The van der Waals surface area contributed by atoms with Crippen molar-refractivity contribution in [2.45, 2.75) is 25.1 Å². The predicted octanol–water partition coefficient (Wildman–Crippen LogP) is 4.59. The van der Waals surface area contributed by atoms with Crippen molar-refractivity contribution in [2.24, 2.45) is 0 Å². The fourth-order valence-corrected chi connectivity index (χ4v) is 4.17. The van der Waals surface area contributed by atoms with Gasteiger partial charge in [-0.2, -0.15) is 13.2 Å². The van der Waals surface area contributed by atoms with E-state index < -0.39 is 18.1 Å². The van der Waals surface area contributed by atoms with E-state index in [1.54, 1.807) is 30.3 Å². The number of fused-ring (bicyclic) bond motifs is 1. The Hall–Kier alpha value is -3.36. The van der Waals surface area contributed by atoms with Gasteiger partial charge >= 0.3 is 12.1 Å². The molecule has 1 aliphatic heterocycles. The zero-order chi connectivity index (χ0) is 24.3. The predicted molar refractivity (Wildman–Crippen MR) is 117 cm³/mol. The Morgan fingerprint density at radius 2 is 1.55 bits per heavy atom. The molecule has 0 spiro atoms. The first-order valence-corrected chi connectivity index (χ1v) is 10.2. The second-order valence-corrected chi connectivity index (χ2v) is 7.48. The molecule has 0 bridgehead atoms. The van der Waals surface area contributed by atoms with Crippen molar-refractivity contribution in [2.75, 3.05) is 35.0 Å². The van der Waals surface area contributed by atoms with Crippen LogP contribution in [-0.2, 0) is 17.6 Å². The topological polar surface area (TPSA) is 57.2 Å². The van der Waals surface area contributed by atoms with Crippen LogP contribution in [0.25, 0.3) is 6.08 Å². The molecule has 6 nitrogen and oxygen atoms in total. The number of alkyl halides is 3. The van der Waals surface area contributed by atoms with Crippen LogP contribution in [0.4, 0.5) is 13.2 Å². The molecule has 3 rings (SSSR count). The summed E-state index contributed by atoms with van der Waals surface area (Å²) >= 11 is 0. The van der Waals surface area contributed by atoms with Gasteiger partial charge in [-0.05, 0) is 59.4 Å². The number of halogens is 3. The fraction of sp³-hybridized carbons (Fsp3) is 0.375. The molecule has 0 aromatic heterocycles. The first-order chi connectivity index (χ1) is 15.7. The highest BCUT2D eigenvalue weighted by atomic mass is 19.4. The lowest BCUT2D eigenvalue weighted by Crippen LogP contribution is -2.47. The van der Waals surface area contributed by atoms with Gasteiger partial charge in [0.25, 0.3) is 0 Å². The van der Waals surface area contributed by atoms with Crippen molar-refractivity contribution in [1.82, 2.24) is 4.90 Å². The maximum Gasteiger partial charge on any atom is 0.471 e. The van der Waals surface area contributed by atoms with Crippen LogP contribution >= 0.6 is 0 Å². The highest BCUT2D eigenvalue weighted by Crippen LogP contribution is 2.42. The van der Waals surface area contributed by atoms with E-state index in [9.17, 15) is 18.0 Å². The van der Waals surface area contributed by atoms with Gasteiger partial charge in [0.2, 0.25) is 0 Å². The summed E-state index contributed by atoms with van der Waals surface area (Å²) in [6.45, 7) is 3.73. The molecule has 33 heavy (non-hydrogen) atoms. The minimum Gasteiger partial charge on any atom is -0.493 e. The van der Waals surface area contributed by atoms with Crippen molar-refractivity contribution in [1.29, 1.82) is 0 Å². The van der Waals surface area contributed by atoms with Gasteiger partial charge in [-0.15, -0.1) is 0 Å². The van der Waals surface area contributed by atoms with E-state index in [2.05, 4.69) is 6.58 Å². The maximum absolute atomic E-state index is 13.5. The smallest absolute Gasteiger partial charge is 0.471 e. The van der Waals surface area contributed by atoms with E-state index in [-0.39, 0.29) is 19.4 Å². The Morgan fingerprint density at radius 3 is 2.09 bits per heavy atom. The van der Waals surface area contributed by atoms with Crippen LogP contribution in [0, 0.1) is 0 Å². The van der Waals surface area contributed by atoms with E-state index in [1.165, 1.54) is 28.4 Å². The zero-order valence-corrected chi connectivity index (χ0v) is 18.9. The van der Waals surface area contributed by atoms with E-state index in [4.69, 9.17) is 18.9 Å². The van der Waals surface area contributed by atoms with Crippen LogP contribution in [0.2, 0.25) is 0 Å². The van der Waals surface area contributed by atoms with Crippen LogP contribution in [0.1, 0.15) is 28.3 Å². The standard InChI is InChI=1S/C24H26F3NO5/c1-6-14-10-19(30-2)21(32-4)12-16(14)9-18-17-13-22(33-5)20(31-3)11-15(17)7-8-28(18)23(29)24(25,26)27/h6,10-13,18H,1,7-9H2,2-5H3/t18-/m0/s1. The second kappa shape index (κ2) is 9.64. The van der Waals surface area contributed by atoms with Crippen molar-refractivity contribution in [3.8, 4) is 23.0 Å². The van der Waals surface area contributed by atoms with Crippen molar-refractivity contribution < 1.29 is 36.9 Å². The SMILES string of the molecule is C=Cc1cc(OC)c(OC)cc1C[C@H]1c2cc(OC)c(OC)cc2CCN1C(=O)C(F)(F)F. The van der Waals surface area contributed by atoms with E-state index in [1.807, 2.05) is 0 Å². The molecule has 0 fully saturated rings. The van der Waals surface area contributed by atoms with Gasteiger partial charge in [0.15, 0.2) is 23.0 Å². The lowest BCUT2D eigenvalue weighted by atomic mass is 9.86. The third-order valence-corrected chi connectivity index (χ3v) is 5.78. The van der Waals surface area contributed by atoms with E-state index in [0.717, 1.165) is 10.5 Å².